The number of carbonyl (C=O) groups is 5. The van der Waals surface area contributed by atoms with Crippen LogP contribution >= 0.6 is 46.4 Å². The largest absolute Gasteiger partial charge is 0.486 e. The van der Waals surface area contributed by atoms with Gasteiger partial charge < -0.3 is 30.2 Å². The summed E-state index contributed by atoms with van der Waals surface area (Å²) in [7, 11) is 0. The Hall–Kier alpha value is -5.83. The van der Waals surface area contributed by atoms with Gasteiger partial charge in [-0.25, -0.2) is 4.79 Å². The van der Waals surface area contributed by atoms with Crippen molar-refractivity contribution in [2.45, 2.75) is 33.5 Å². The third-order valence-electron chi connectivity index (χ3n) is 6.94. The Balaban J connectivity index is 1.30. The molecule has 3 amide bonds. The van der Waals surface area contributed by atoms with Gasteiger partial charge in [-0.3, -0.25) is 19.2 Å². The molecule has 276 valence electrons. The number of rotatable bonds is 13. The Morgan fingerprint density at radius 1 is 0.611 bits per heavy atom. The summed E-state index contributed by atoms with van der Waals surface area (Å²) in [5.41, 5.74) is 2.76. The molecule has 17 heteroatoms. The molecule has 4 rings (SSSR count). The van der Waals surface area contributed by atoms with Crippen molar-refractivity contribution in [2.75, 3.05) is 17.2 Å². The molecule has 54 heavy (non-hydrogen) atoms. The van der Waals surface area contributed by atoms with Crippen LogP contribution < -0.4 is 25.4 Å². The van der Waals surface area contributed by atoms with Crippen molar-refractivity contribution in [3.05, 3.63) is 114 Å². The topological polar surface area (TPSA) is 197 Å². The van der Waals surface area contributed by atoms with Crippen molar-refractivity contribution in [1.82, 2.24) is 5.32 Å². The molecular formula is C37H27Cl4N5O8. The molecule has 0 aliphatic heterocycles. The number of benzene rings is 4. The van der Waals surface area contributed by atoms with Crippen LogP contribution in [0.5, 0.6) is 11.5 Å². The average molecular weight is 811 g/mol. The molecule has 13 nitrogen and oxygen atoms in total. The summed E-state index contributed by atoms with van der Waals surface area (Å²) in [5.74, 6) is -3.25. The van der Waals surface area contributed by atoms with Crippen molar-refractivity contribution in [2.24, 2.45) is 0 Å². The van der Waals surface area contributed by atoms with Gasteiger partial charge in [0.1, 0.15) is 19.8 Å². The fraction of sp³-hybridized carbons (Fsp3) is 0.162. The highest BCUT2D eigenvalue weighted by Crippen LogP contribution is 2.36. The standard InChI is InChI=1S/C37H27Cl4N5O8/c1-19(47)45-27-5-22(14-42)3-24(7-27)17-52-35-29(38)9-21(10-30(35)39)11-33(49)54-34(50)16-44-37(51)26-12-31(40)36(32(41)13-26)53-18-25-4-23(15-43)6-28(8-25)46-20(2)48/h3-10,12-13H,11,16-18H2,1-2H3,(H,44,51)(H,45,47)(H,46,48). The van der Waals surface area contributed by atoms with E-state index < -0.39 is 30.8 Å². The molecule has 0 aromatic heterocycles. The highest BCUT2D eigenvalue weighted by Gasteiger charge is 2.19. The van der Waals surface area contributed by atoms with Crippen LogP contribution in [-0.2, 0) is 43.5 Å². The van der Waals surface area contributed by atoms with E-state index in [0.29, 0.717) is 33.6 Å². The predicted octanol–water partition coefficient (Wildman–Crippen LogP) is 7.16. The van der Waals surface area contributed by atoms with E-state index in [0.717, 1.165) is 0 Å². The lowest BCUT2D eigenvalue weighted by atomic mass is 10.1. The first-order chi connectivity index (χ1) is 25.6. The second-order valence-electron chi connectivity index (χ2n) is 11.4. The van der Waals surface area contributed by atoms with Crippen molar-refractivity contribution in [3.63, 3.8) is 0 Å². The summed E-state index contributed by atoms with van der Waals surface area (Å²) in [4.78, 5) is 60.5. The zero-order valence-corrected chi connectivity index (χ0v) is 31.3. The third-order valence-corrected chi connectivity index (χ3v) is 8.06. The number of nitrogens with zero attached hydrogens (tertiary/aromatic N) is 2. The Kier molecular flexibility index (Phi) is 14.2. The zero-order valence-electron chi connectivity index (χ0n) is 28.3. The lowest BCUT2D eigenvalue weighted by molar-refractivity contribution is -0.158. The molecule has 0 unspecified atom stereocenters. The van der Waals surface area contributed by atoms with Crippen LogP contribution in [0.4, 0.5) is 11.4 Å². The SMILES string of the molecule is CC(=O)Nc1cc(C#N)cc(COc2c(Cl)cc(CC(=O)OC(=O)CNC(=O)c3cc(Cl)c(OCc4cc(C#N)cc(NC(C)=O)c4)c(Cl)c3)cc2Cl)c1. The number of carbonyl (C=O) groups excluding carboxylic acids is 5. The van der Waals surface area contributed by atoms with Crippen molar-refractivity contribution in [3.8, 4) is 23.6 Å². The molecule has 4 aromatic rings. The number of hydrogen-bond acceptors (Lipinski definition) is 10. The van der Waals surface area contributed by atoms with Crippen LogP contribution in [0.3, 0.4) is 0 Å². The highest BCUT2D eigenvalue weighted by molar-refractivity contribution is 6.38. The predicted molar refractivity (Wildman–Crippen MR) is 200 cm³/mol. The third kappa shape index (κ3) is 11.8. The lowest BCUT2D eigenvalue weighted by Crippen LogP contribution is -2.32. The van der Waals surface area contributed by atoms with Crippen LogP contribution in [0.15, 0.2) is 60.7 Å². The van der Waals surface area contributed by atoms with Crippen molar-refractivity contribution >= 4 is 87.4 Å². The van der Waals surface area contributed by atoms with Crippen LogP contribution in [-0.4, -0.2) is 36.2 Å². The van der Waals surface area contributed by atoms with Gasteiger partial charge in [0, 0.05) is 30.8 Å². The van der Waals surface area contributed by atoms with Crippen LogP contribution in [0.25, 0.3) is 0 Å². The van der Waals surface area contributed by atoms with E-state index in [9.17, 15) is 34.5 Å². The molecule has 0 saturated carbocycles. The van der Waals surface area contributed by atoms with Gasteiger partial charge in [-0.05, 0) is 77.4 Å². The normalized spacial score (nSPS) is 10.3. The van der Waals surface area contributed by atoms with Crippen LogP contribution in [0.2, 0.25) is 20.1 Å². The Bertz CT molecular complexity index is 2200. The summed E-state index contributed by atoms with van der Waals surface area (Å²) < 4.78 is 16.3. The van der Waals surface area contributed by atoms with Gasteiger partial charge in [-0.15, -0.1) is 0 Å². The van der Waals surface area contributed by atoms with E-state index >= 15 is 0 Å². The monoisotopic (exact) mass is 809 g/mol. The summed E-state index contributed by atoms with van der Waals surface area (Å²) in [6.07, 6.45) is -0.397. The fourth-order valence-corrected chi connectivity index (χ4v) is 6.08. The fourth-order valence-electron chi connectivity index (χ4n) is 4.84. The Labute approximate surface area is 328 Å². The van der Waals surface area contributed by atoms with Gasteiger partial charge in [-0.1, -0.05) is 46.4 Å². The smallest absolute Gasteiger partial charge is 0.333 e. The minimum Gasteiger partial charge on any atom is -0.486 e. The molecule has 0 spiro atoms. The first-order valence-electron chi connectivity index (χ1n) is 15.5. The number of amides is 3. The molecule has 0 radical (unpaired) electrons. The first kappa shape index (κ1) is 40.9. The number of ether oxygens (including phenoxy) is 3. The number of anilines is 2. The summed E-state index contributed by atoms with van der Waals surface area (Å²) in [5, 5.41) is 26.2. The Morgan fingerprint density at radius 2 is 1.06 bits per heavy atom. The molecule has 4 aromatic carbocycles. The van der Waals surface area contributed by atoms with Crippen molar-refractivity contribution < 1.29 is 38.2 Å². The number of esters is 2. The molecule has 0 aliphatic rings. The van der Waals surface area contributed by atoms with E-state index in [2.05, 4.69) is 16.0 Å². The van der Waals surface area contributed by atoms with E-state index in [-0.39, 0.29) is 67.7 Å². The van der Waals surface area contributed by atoms with Gasteiger partial charge in [0.05, 0.1) is 49.8 Å². The maximum absolute atomic E-state index is 12.8. The minimum atomic E-state index is -1.06. The quantitative estimate of drug-likeness (QED) is 0.0921. The van der Waals surface area contributed by atoms with Crippen molar-refractivity contribution in [1.29, 1.82) is 10.5 Å². The maximum atomic E-state index is 12.8. The molecule has 0 saturated heterocycles. The highest BCUT2D eigenvalue weighted by atomic mass is 35.5. The van der Waals surface area contributed by atoms with Crippen LogP contribution in [0.1, 0.15) is 52.0 Å². The van der Waals surface area contributed by atoms with Gasteiger partial charge in [0.2, 0.25) is 11.8 Å². The number of halogens is 4. The number of hydrogen-bond donors (Lipinski definition) is 3. The average Bonchev–Trinajstić information content (AvgIpc) is 3.08. The van der Waals surface area contributed by atoms with Gasteiger partial charge in [0.25, 0.3) is 5.91 Å². The maximum Gasteiger partial charge on any atom is 0.333 e. The molecule has 0 atom stereocenters. The first-order valence-corrected chi connectivity index (χ1v) is 17.0. The molecule has 0 fully saturated rings. The molecule has 3 N–H and O–H groups in total. The van der Waals surface area contributed by atoms with Gasteiger partial charge in [0.15, 0.2) is 11.5 Å². The Morgan fingerprint density at radius 3 is 1.48 bits per heavy atom. The molecule has 0 heterocycles. The minimum absolute atomic E-state index is 0.0200. The van der Waals surface area contributed by atoms with E-state index in [1.165, 1.54) is 50.2 Å². The van der Waals surface area contributed by atoms with E-state index in [1.807, 2.05) is 12.1 Å². The van der Waals surface area contributed by atoms with Gasteiger partial charge >= 0.3 is 11.9 Å². The second kappa shape index (κ2) is 18.8. The molecule has 0 aliphatic carbocycles. The molecule has 0 bridgehead atoms. The summed E-state index contributed by atoms with van der Waals surface area (Å²) >= 11 is 25.4. The number of nitriles is 2. The van der Waals surface area contributed by atoms with Crippen LogP contribution in [0, 0.1) is 22.7 Å². The van der Waals surface area contributed by atoms with E-state index in [1.54, 1.807) is 24.3 Å². The summed E-state index contributed by atoms with van der Waals surface area (Å²) in [6, 6.07) is 18.7. The van der Waals surface area contributed by atoms with E-state index in [4.69, 9.17) is 60.6 Å². The van der Waals surface area contributed by atoms with Gasteiger partial charge in [-0.2, -0.15) is 10.5 Å². The summed E-state index contributed by atoms with van der Waals surface area (Å²) in [6.45, 7) is 1.86. The number of nitrogens with one attached hydrogen (secondary N) is 3. The molecular weight excluding hydrogens is 784 g/mol. The lowest BCUT2D eigenvalue weighted by Gasteiger charge is -2.13. The zero-order chi connectivity index (χ0) is 39.5. The second-order valence-corrected chi connectivity index (χ2v) is 13.0.